The van der Waals surface area contributed by atoms with Crippen molar-refractivity contribution in [2.24, 2.45) is 0 Å². The van der Waals surface area contributed by atoms with Gasteiger partial charge >= 0.3 is 0 Å². The Morgan fingerprint density at radius 2 is 1.84 bits per heavy atom. The molecule has 1 unspecified atom stereocenters. The monoisotopic (exact) mass is 456 g/mol. The molecule has 1 aliphatic rings. The van der Waals surface area contributed by atoms with Gasteiger partial charge in [0, 0.05) is 12.1 Å². The highest BCUT2D eigenvalue weighted by Crippen LogP contribution is 2.43. The fraction of sp³-hybridized carbons (Fsp3) is 0.462. The van der Waals surface area contributed by atoms with Gasteiger partial charge in [-0.05, 0) is 48.7 Å². The average molecular weight is 457 g/mol. The second kappa shape index (κ2) is 12.0. The van der Waals surface area contributed by atoms with Crippen LogP contribution in [0.3, 0.4) is 0 Å². The highest BCUT2D eigenvalue weighted by Gasteiger charge is 2.35. The standard InChI is InChI=1S/C26H33FN2O2S/c1-3-4-5-6-7-8-9-13-24(30)28-21-12-10-11-20(17-21)26-29(25(31)18-32-26)23-16-19(2)14-15-22(23)27/h10-12,14-17,26H,3-9,13,18H2,1-2H3,(H,28,30). The maximum Gasteiger partial charge on any atom is 0.238 e. The predicted molar refractivity (Wildman–Crippen MR) is 132 cm³/mol. The molecule has 4 nitrogen and oxygen atoms in total. The highest BCUT2D eigenvalue weighted by molar-refractivity contribution is 8.00. The smallest absolute Gasteiger partial charge is 0.238 e. The number of amides is 2. The van der Waals surface area contributed by atoms with E-state index < -0.39 is 5.82 Å². The Bertz CT molecular complexity index is 934. The molecule has 3 rings (SSSR count). The summed E-state index contributed by atoms with van der Waals surface area (Å²) in [7, 11) is 0. The maximum absolute atomic E-state index is 14.5. The molecule has 0 radical (unpaired) electrons. The van der Waals surface area contributed by atoms with Crippen LogP contribution in [-0.4, -0.2) is 17.6 Å². The van der Waals surface area contributed by atoms with Crippen LogP contribution in [0.1, 0.15) is 74.8 Å². The summed E-state index contributed by atoms with van der Waals surface area (Å²) in [4.78, 5) is 26.5. The van der Waals surface area contributed by atoms with Gasteiger partial charge in [-0.2, -0.15) is 0 Å². The van der Waals surface area contributed by atoms with Crippen molar-refractivity contribution in [3.63, 3.8) is 0 Å². The third kappa shape index (κ3) is 6.58. The Kier molecular flexibility index (Phi) is 9.15. The number of aryl methyl sites for hydroxylation is 1. The lowest BCUT2D eigenvalue weighted by Gasteiger charge is -2.25. The van der Waals surface area contributed by atoms with E-state index >= 15 is 0 Å². The average Bonchev–Trinajstić information content (AvgIpc) is 3.16. The van der Waals surface area contributed by atoms with Gasteiger partial charge in [-0.25, -0.2) is 4.39 Å². The second-order valence-electron chi connectivity index (χ2n) is 8.43. The van der Waals surface area contributed by atoms with E-state index in [4.69, 9.17) is 0 Å². The lowest BCUT2D eigenvalue weighted by Crippen LogP contribution is -2.28. The Labute approximate surface area is 195 Å². The number of nitrogens with zero attached hydrogens (tertiary/aromatic N) is 1. The first-order chi connectivity index (χ1) is 15.5. The molecule has 1 saturated heterocycles. The predicted octanol–water partition coefficient (Wildman–Crippen LogP) is 6.99. The highest BCUT2D eigenvalue weighted by atomic mass is 32.2. The van der Waals surface area contributed by atoms with Crippen LogP contribution in [0.4, 0.5) is 15.8 Å². The van der Waals surface area contributed by atoms with Gasteiger partial charge in [-0.1, -0.05) is 63.6 Å². The minimum atomic E-state index is -0.407. The van der Waals surface area contributed by atoms with E-state index in [1.165, 1.54) is 54.8 Å². The number of hydrogen-bond donors (Lipinski definition) is 1. The molecular formula is C26H33FN2O2S. The first-order valence-corrected chi connectivity index (χ1v) is 12.6. The normalized spacial score (nSPS) is 15.9. The number of anilines is 2. The molecule has 172 valence electrons. The van der Waals surface area contributed by atoms with Gasteiger partial charge in [0.1, 0.15) is 11.2 Å². The zero-order valence-electron chi connectivity index (χ0n) is 19.0. The topological polar surface area (TPSA) is 49.4 Å². The zero-order valence-corrected chi connectivity index (χ0v) is 19.8. The fourth-order valence-corrected chi connectivity index (χ4v) is 5.13. The molecule has 0 aromatic heterocycles. The molecule has 0 spiro atoms. The number of benzene rings is 2. The lowest BCUT2D eigenvalue weighted by molar-refractivity contribution is -0.117. The molecule has 6 heteroatoms. The largest absolute Gasteiger partial charge is 0.326 e. The summed E-state index contributed by atoms with van der Waals surface area (Å²) in [6.07, 6.45) is 8.71. The van der Waals surface area contributed by atoms with E-state index in [0.29, 0.717) is 23.5 Å². The first kappa shape index (κ1) is 24.3. The molecule has 0 aliphatic carbocycles. The van der Waals surface area contributed by atoms with Crippen molar-refractivity contribution < 1.29 is 14.0 Å². The molecule has 1 atom stereocenters. The SMILES string of the molecule is CCCCCCCCCC(=O)Nc1cccc(C2SCC(=O)N2c2cc(C)ccc2F)c1. The van der Waals surface area contributed by atoms with Crippen molar-refractivity contribution in [1.29, 1.82) is 0 Å². The van der Waals surface area contributed by atoms with Gasteiger partial charge < -0.3 is 5.32 Å². The molecule has 1 heterocycles. The van der Waals surface area contributed by atoms with Crippen LogP contribution in [-0.2, 0) is 9.59 Å². The minimum Gasteiger partial charge on any atom is -0.326 e. The van der Waals surface area contributed by atoms with Gasteiger partial charge in [0.25, 0.3) is 0 Å². The molecular weight excluding hydrogens is 423 g/mol. The minimum absolute atomic E-state index is 0.00689. The Morgan fingerprint density at radius 1 is 1.09 bits per heavy atom. The first-order valence-electron chi connectivity index (χ1n) is 11.6. The van der Waals surface area contributed by atoms with Crippen molar-refractivity contribution in [3.8, 4) is 0 Å². The summed E-state index contributed by atoms with van der Waals surface area (Å²) in [5.74, 6) is -0.215. The third-order valence-corrected chi connectivity index (χ3v) is 6.90. The van der Waals surface area contributed by atoms with Gasteiger partial charge in [-0.3, -0.25) is 14.5 Å². The van der Waals surface area contributed by atoms with Gasteiger partial charge in [0.15, 0.2) is 0 Å². The van der Waals surface area contributed by atoms with E-state index in [1.54, 1.807) is 12.1 Å². The Balaban J connectivity index is 1.61. The molecule has 1 N–H and O–H groups in total. The molecule has 2 amide bonds. The Morgan fingerprint density at radius 3 is 2.62 bits per heavy atom. The number of carbonyl (C=O) groups excluding carboxylic acids is 2. The maximum atomic E-state index is 14.5. The van der Waals surface area contributed by atoms with Crippen LogP contribution < -0.4 is 10.2 Å². The van der Waals surface area contributed by atoms with E-state index in [1.807, 2.05) is 31.2 Å². The Hall–Kier alpha value is -2.34. The van der Waals surface area contributed by atoms with E-state index in [-0.39, 0.29) is 17.2 Å². The van der Waals surface area contributed by atoms with Crippen molar-refractivity contribution in [1.82, 2.24) is 0 Å². The van der Waals surface area contributed by atoms with Crippen molar-refractivity contribution in [2.45, 2.75) is 70.6 Å². The third-order valence-electron chi connectivity index (χ3n) is 5.69. The van der Waals surface area contributed by atoms with Gasteiger partial charge in [0.2, 0.25) is 11.8 Å². The summed E-state index contributed by atoms with van der Waals surface area (Å²) < 4.78 is 14.5. The molecule has 2 aromatic rings. The quantitative estimate of drug-likeness (QED) is 0.371. The number of halogens is 1. The van der Waals surface area contributed by atoms with Crippen LogP contribution in [0.25, 0.3) is 0 Å². The van der Waals surface area contributed by atoms with Crippen molar-refractivity contribution >= 4 is 35.0 Å². The number of hydrogen-bond acceptors (Lipinski definition) is 3. The van der Waals surface area contributed by atoms with Gasteiger partial charge in [0.05, 0.1) is 11.4 Å². The summed E-state index contributed by atoms with van der Waals surface area (Å²) in [5.41, 5.74) is 2.78. The van der Waals surface area contributed by atoms with Crippen LogP contribution in [0.2, 0.25) is 0 Å². The number of nitrogens with one attached hydrogen (secondary N) is 1. The molecule has 1 aliphatic heterocycles. The number of unbranched alkanes of at least 4 members (excludes halogenated alkanes) is 6. The summed E-state index contributed by atoms with van der Waals surface area (Å²) in [6, 6.07) is 12.3. The van der Waals surface area contributed by atoms with E-state index in [0.717, 1.165) is 24.0 Å². The van der Waals surface area contributed by atoms with Crippen LogP contribution in [0.5, 0.6) is 0 Å². The molecule has 1 fully saturated rings. The summed E-state index contributed by atoms with van der Waals surface area (Å²) in [6.45, 7) is 4.09. The lowest BCUT2D eigenvalue weighted by atomic mass is 10.1. The fourth-order valence-electron chi connectivity index (χ4n) is 3.97. The molecule has 32 heavy (non-hydrogen) atoms. The second-order valence-corrected chi connectivity index (χ2v) is 9.50. The molecule has 2 aromatic carbocycles. The number of thioether (sulfide) groups is 1. The van der Waals surface area contributed by atoms with Crippen LogP contribution in [0, 0.1) is 12.7 Å². The van der Waals surface area contributed by atoms with E-state index in [9.17, 15) is 14.0 Å². The molecule has 0 saturated carbocycles. The number of carbonyl (C=O) groups is 2. The van der Waals surface area contributed by atoms with E-state index in [2.05, 4.69) is 12.2 Å². The summed E-state index contributed by atoms with van der Waals surface area (Å²) in [5, 5.41) is 2.66. The molecule has 0 bridgehead atoms. The summed E-state index contributed by atoms with van der Waals surface area (Å²) >= 11 is 1.47. The van der Waals surface area contributed by atoms with Crippen LogP contribution >= 0.6 is 11.8 Å². The van der Waals surface area contributed by atoms with Crippen molar-refractivity contribution in [3.05, 3.63) is 59.4 Å². The van der Waals surface area contributed by atoms with Crippen LogP contribution in [0.15, 0.2) is 42.5 Å². The zero-order chi connectivity index (χ0) is 22.9. The van der Waals surface area contributed by atoms with Gasteiger partial charge in [-0.15, -0.1) is 11.8 Å². The number of rotatable bonds is 11. The van der Waals surface area contributed by atoms with Crippen molar-refractivity contribution in [2.75, 3.05) is 16.0 Å².